The van der Waals surface area contributed by atoms with Crippen LogP contribution in [0.15, 0.2) is 48.5 Å². The molecule has 0 spiro atoms. The van der Waals surface area contributed by atoms with Crippen molar-refractivity contribution in [2.45, 2.75) is 32.0 Å². The minimum atomic E-state index is -0.246. The number of hydrogen-bond donors (Lipinski definition) is 0. The Balaban J connectivity index is 1.61. The van der Waals surface area contributed by atoms with Crippen LogP contribution in [0.4, 0.5) is 4.39 Å². The summed E-state index contributed by atoms with van der Waals surface area (Å²) in [5.74, 6) is -0.246. The molecule has 1 saturated heterocycles. The maximum Gasteiger partial charge on any atom is 0.144 e. The van der Waals surface area contributed by atoms with E-state index in [2.05, 4.69) is 40.2 Å². The van der Waals surface area contributed by atoms with Crippen LogP contribution in [0.1, 0.15) is 23.4 Å². The molecule has 0 N–H and O–H groups in total. The summed E-state index contributed by atoms with van der Waals surface area (Å²) in [7, 11) is 0. The molecule has 0 radical (unpaired) electrons. The Labute approximate surface area is 141 Å². The highest BCUT2D eigenvalue weighted by molar-refractivity contribution is 5.65. The molecule has 24 heavy (non-hydrogen) atoms. The third-order valence-corrected chi connectivity index (χ3v) is 4.90. The van der Waals surface area contributed by atoms with Gasteiger partial charge in [0.2, 0.25) is 0 Å². The van der Waals surface area contributed by atoms with Crippen LogP contribution in [0.2, 0.25) is 0 Å². The SMILES string of the molecule is Cc1nc(C2=CC3COCC(C2)N3Cc2ccccc2)ccc1F. The molecular formula is C20H21FN2O. The van der Waals surface area contributed by atoms with Gasteiger partial charge in [0.25, 0.3) is 0 Å². The minimum Gasteiger partial charge on any atom is -0.378 e. The van der Waals surface area contributed by atoms with Gasteiger partial charge in [-0.2, -0.15) is 0 Å². The number of rotatable bonds is 3. The third kappa shape index (κ3) is 2.99. The zero-order valence-electron chi connectivity index (χ0n) is 13.8. The largest absolute Gasteiger partial charge is 0.378 e. The van der Waals surface area contributed by atoms with Crippen molar-refractivity contribution >= 4 is 5.57 Å². The summed E-state index contributed by atoms with van der Waals surface area (Å²) in [6.45, 7) is 4.08. The van der Waals surface area contributed by atoms with Crippen LogP contribution in [0.25, 0.3) is 5.57 Å². The lowest BCUT2D eigenvalue weighted by Crippen LogP contribution is -2.53. The number of morpholine rings is 1. The molecule has 0 saturated carbocycles. The first-order valence-corrected chi connectivity index (χ1v) is 8.42. The highest BCUT2D eigenvalue weighted by atomic mass is 19.1. The van der Waals surface area contributed by atoms with Crippen molar-refractivity contribution in [3.63, 3.8) is 0 Å². The predicted molar refractivity (Wildman–Crippen MR) is 91.9 cm³/mol. The van der Waals surface area contributed by atoms with Crippen molar-refractivity contribution in [2.75, 3.05) is 13.2 Å². The first-order valence-electron chi connectivity index (χ1n) is 8.42. The van der Waals surface area contributed by atoms with E-state index in [-0.39, 0.29) is 11.9 Å². The van der Waals surface area contributed by atoms with E-state index in [1.54, 1.807) is 13.0 Å². The Bertz CT molecular complexity index is 759. The highest BCUT2D eigenvalue weighted by Crippen LogP contribution is 2.33. The number of pyridine rings is 1. The zero-order valence-corrected chi connectivity index (χ0v) is 13.8. The molecule has 1 aromatic carbocycles. The number of fused-ring (bicyclic) bond motifs is 2. The molecule has 2 aromatic rings. The van der Waals surface area contributed by atoms with Gasteiger partial charge in [0, 0.05) is 12.6 Å². The van der Waals surface area contributed by atoms with E-state index in [9.17, 15) is 4.39 Å². The number of aromatic nitrogens is 1. The average Bonchev–Trinajstić information content (AvgIpc) is 2.58. The molecule has 2 aliphatic heterocycles. The topological polar surface area (TPSA) is 25.4 Å². The predicted octanol–water partition coefficient (Wildman–Crippen LogP) is 3.59. The van der Waals surface area contributed by atoms with Gasteiger partial charge in [-0.1, -0.05) is 36.4 Å². The van der Waals surface area contributed by atoms with Crippen molar-refractivity contribution in [2.24, 2.45) is 0 Å². The molecule has 4 rings (SSSR count). The summed E-state index contributed by atoms with van der Waals surface area (Å²) >= 11 is 0. The van der Waals surface area contributed by atoms with E-state index in [0.717, 1.165) is 25.3 Å². The smallest absolute Gasteiger partial charge is 0.144 e. The van der Waals surface area contributed by atoms with Crippen molar-refractivity contribution in [1.29, 1.82) is 0 Å². The van der Waals surface area contributed by atoms with Crippen LogP contribution in [0.3, 0.4) is 0 Å². The van der Waals surface area contributed by atoms with Crippen LogP contribution < -0.4 is 0 Å². The van der Waals surface area contributed by atoms with E-state index in [0.29, 0.717) is 18.3 Å². The maximum absolute atomic E-state index is 13.5. The van der Waals surface area contributed by atoms with E-state index in [1.807, 2.05) is 6.07 Å². The lowest BCUT2D eigenvalue weighted by atomic mass is 9.91. The van der Waals surface area contributed by atoms with E-state index < -0.39 is 0 Å². The summed E-state index contributed by atoms with van der Waals surface area (Å²) in [5, 5.41) is 0. The van der Waals surface area contributed by atoms with Crippen LogP contribution in [-0.4, -0.2) is 35.2 Å². The molecule has 0 amide bonds. The van der Waals surface area contributed by atoms with Gasteiger partial charge < -0.3 is 4.74 Å². The molecule has 3 nitrogen and oxygen atoms in total. The molecule has 2 unspecified atom stereocenters. The highest BCUT2D eigenvalue weighted by Gasteiger charge is 2.35. The molecule has 2 bridgehead atoms. The summed E-state index contributed by atoms with van der Waals surface area (Å²) in [4.78, 5) is 6.94. The molecular weight excluding hydrogens is 303 g/mol. The van der Waals surface area contributed by atoms with E-state index >= 15 is 0 Å². The Hall–Kier alpha value is -2.04. The number of aryl methyl sites for hydroxylation is 1. The Morgan fingerprint density at radius 3 is 2.75 bits per heavy atom. The summed E-state index contributed by atoms with van der Waals surface area (Å²) < 4.78 is 19.3. The van der Waals surface area contributed by atoms with Crippen molar-refractivity contribution in [3.05, 3.63) is 71.3 Å². The van der Waals surface area contributed by atoms with E-state index in [4.69, 9.17) is 4.74 Å². The molecule has 3 heterocycles. The quantitative estimate of drug-likeness (QED) is 0.863. The number of benzene rings is 1. The Kier molecular flexibility index (Phi) is 4.17. The maximum atomic E-state index is 13.5. The van der Waals surface area contributed by atoms with Gasteiger partial charge in [-0.05, 0) is 36.6 Å². The van der Waals surface area contributed by atoms with Crippen LogP contribution in [0, 0.1) is 12.7 Å². The van der Waals surface area contributed by atoms with Gasteiger partial charge >= 0.3 is 0 Å². The number of halogens is 1. The van der Waals surface area contributed by atoms with Crippen LogP contribution in [-0.2, 0) is 11.3 Å². The molecule has 124 valence electrons. The standard InChI is InChI=1S/C20H21FN2O/c1-14-19(21)7-8-20(22-14)16-9-17-12-24-13-18(10-16)23(17)11-15-5-3-2-4-6-15/h2-9,17-18H,10-13H2,1H3. The lowest BCUT2D eigenvalue weighted by Gasteiger charge is -2.44. The molecule has 2 aliphatic rings. The third-order valence-electron chi connectivity index (χ3n) is 4.90. The fourth-order valence-corrected chi connectivity index (χ4v) is 3.61. The van der Waals surface area contributed by atoms with Crippen LogP contribution in [0.5, 0.6) is 0 Å². The van der Waals surface area contributed by atoms with Crippen molar-refractivity contribution in [3.8, 4) is 0 Å². The summed E-state index contributed by atoms with van der Waals surface area (Å²) in [6.07, 6.45) is 3.14. The van der Waals surface area contributed by atoms with Gasteiger partial charge in [-0.25, -0.2) is 4.39 Å². The van der Waals surface area contributed by atoms with E-state index in [1.165, 1.54) is 17.2 Å². The van der Waals surface area contributed by atoms with Gasteiger partial charge in [-0.3, -0.25) is 9.88 Å². The second kappa shape index (κ2) is 6.46. The van der Waals surface area contributed by atoms with Gasteiger partial charge in [0.15, 0.2) is 0 Å². The van der Waals surface area contributed by atoms with Crippen molar-refractivity contribution in [1.82, 2.24) is 9.88 Å². The fraction of sp³-hybridized carbons (Fsp3) is 0.350. The lowest BCUT2D eigenvalue weighted by molar-refractivity contribution is -0.0403. The molecule has 1 fully saturated rings. The summed E-state index contributed by atoms with van der Waals surface area (Å²) in [6, 6.07) is 14.4. The van der Waals surface area contributed by atoms with Gasteiger partial charge in [0.1, 0.15) is 5.82 Å². The second-order valence-corrected chi connectivity index (χ2v) is 6.58. The van der Waals surface area contributed by atoms with Crippen LogP contribution >= 0.6 is 0 Å². The average molecular weight is 324 g/mol. The monoisotopic (exact) mass is 324 g/mol. The zero-order chi connectivity index (χ0) is 16.5. The number of ether oxygens (including phenoxy) is 1. The molecule has 2 atom stereocenters. The molecule has 1 aromatic heterocycles. The van der Waals surface area contributed by atoms with Gasteiger partial charge in [0.05, 0.1) is 30.6 Å². The summed E-state index contributed by atoms with van der Waals surface area (Å²) in [5.41, 5.74) is 3.88. The number of hydrogen-bond acceptors (Lipinski definition) is 3. The second-order valence-electron chi connectivity index (χ2n) is 6.58. The Morgan fingerprint density at radius 2 is 2.00 bits per heavy atom. The minimum absolute atomic E-state index is 0.246. The Morgan fingerprint density at radius 1 is 1.17 bits per heavy atom. The first-order chi connectivity index (χ1) is 11.7. The first kappa shape index (κ1) is 15.5. The molecule has 4 heteroatoms. The van der Waals surface area contributed by atoms with Crippen molar-refractivity contribution < 1.29 is 9.13 Å². The number of nitrogens with zero attached hydrogens (tertiary/aromatic N) is 2. The fourth-order valence-electron chi connectivity index (χ4n) is 3.61. The van der Waals surface area contributed by atoms with Gasteiger partial charge in [-0.15, -0.1) is 0 Å². The normalized spacial score (nSPS) is 23.8. The molecule has 0 aliphatic carbocycles.